The number of benzene rings is 1. The molecule has 1 aromatic carbocycles. The van der Waals surface area contributed by atoms with Gasteiger partial charge in [0.15, 0.2) is 0 Å². The van der Waals surface area contributed by atoms with E-state index in [2.05, 4.69) is 49.2 Å². The third-order valence-electron chi connectivity index (χ3n) is 3.85. The zero-order valence-corrected chi connectivity index (χ0v) is 14.1. The molecule has 0 bridgehead atoms. The quantitative estimate of drug-likeness (QED) is 0.864. The Morgan fingerprint density at radius 1 is 1.43 bits per heavy atom. The van der Waals surface area contributed by atoms with Gasteiger partial charge in [0.05, 0.1) is 16.8 Å². The summed E-state index contributed by atoms with van der Waals surface area (Å²) < 4.78 is 5.77. The van der Waals surface area contributed by atoms with Gasteiger partial charge in [-0.15, -0.1) is 0 Å². The van der Waals surface area contributed by atoms with Crippen molar-refractivity contribution in [1.82, 2.24) is 5.32 Å². The van der Waals surface area contributed by atoms with Gasteiger partial charge in [0, 0.05) is 32.3 Å². The summed E-state index contributed by atoms with van der Waals surface area (Å²) in [7, 11) is 0. The Labute approximate surface area is 133 Å². The van der Waals surface area contributed by atoms with E-state index >= 15 is 0 Å². The molecular weight excluding hydrogens is 284 g/mol. The smallest absolute Gasteiger partial charge is 0.0750 e. The van der Waals surface area contributed by atoms with Crippen LogP contribution in [0.2, 0.25) is 5.02 Å². The maximum atomic E-state index is 6.49. The largest absolute Gasteiger partial charge is 0.377 e. The van der Waals surface area contributed by atoms with Crippen molar-refractivity contribution in [2.24, 2.45) is 0 Å². The molecule has 0 spiro atoms. The second kappa shape index (κ2) is 8.02. The van der Waals surface area contributed by atoms with E-state index in [0.29, 0.717) is 12.1 Å². The molecule has 0 aliphatic carbocycles. The summed E-state index contributed by atoms with van der Waals surface area (Å²) in [6.45, 7) is 10.0. The second-order valence-electron chi connectivity index (χ2n) is 5.99. The third-order valence-corrected chi connectivity index (χ3v) is 4.15. The second-order valence-corrected chi connectivity index (χ2v) is 6.39. The molecule has 1 heterocycles. The molecule has 1 saturated heterocycles. The Bertz CT molecular complexity index is 448. The van der Waals surface area contributed by atoms with E-state index in [9.17, 15) is 0 Å². The summed E-state index contributed by atoms with van der Waals surface area (Å²) in [5.41, 5.74) is 2.37. The van der Waals surface area contributed by atoms with Gasteiger partial charge < -0.3 is 15.0 Å². The molecule has 2 rings (SSSR count). The van der Waals surface area contributed by atoms with Crippen LogP contribution < -0.4 is 10.2 Å². The van der Waals surface area contributed by atoms with Crippen molar-refractivity contribution >= 4 is 17.3 Å². The number of hydrogen-bond acceptors (Lipinski definition) is 3. The molecule has 1 aromatic rings. The lowest BCUT2D eigenvalue weighted by Gasteiger charge is -2.34. The Balaban J connectivity index is 2.02. The van der Waals surface area contributed by atoms with Crippen LogP contribution in [-0.2, 0) is 11.3 Å². The van der Waals surface area contributed by atoms with E-state index in [4.69, 9.17) is 16.3 Å². The Morgan fingerprint density at radius 3 is 2.90 bits per heavy atom. The van der Waals surface area contributed by atoms with Gasteiger partial charge in [0.1, 0.15) is 0 Å². The zero-order valence-electron chi connectivity index (χ0n) is 13.4. The summed E-state index contributed by atoms with van der Waals surface area (Å²) in [5, 5.41) is 4.26. The first-order chi connectivity index (χ1) is 10.1. The Kier molecular flexibility index (Phi) is 6.34. The number of anilines is 1. The highest BCUT2D eigenvalue weighted by Crippen LogP contribution is 2.29. The third kappa shape index (κ3) is 4.87. The molecule has 1 aliphatic rings. The van der Waals surface area contributed by atoms with E-state index < -0.39 is 0 Å². The van der Waals surface area contributed by atoms with Crippen LogP contribution in [0.1, 0.15) is 39.2 Å². The monoisotopic (exact) mass is 310 g/mol. The first kappa shape index (κ1) is 16.6. The molecule has 1 N–H and O–H groups in total. The molecule has 0 amide bonds. The zero-order chi connectivity index (χ0) is 15.2. The Hall–Kier alpha value is -0.770. The van der Waals surface area contributed by atoms with Crippen molar-refractivity contribution in [3.05, 3.63) is 28.8 Å². The summed E-state index contributed by atoms with van der Waals surface area (Å²) in [6, 6.07) is 6.88. The van der Waals surface area contributed by atoms with Crippen molar-refractivity contribution in [3.8, 4) is 0 Å². The van der Waals surface area contributed by atoms with Gasteiger partial charge in [-0.1, -0.05) is 31.5 Å². The fourth-order valence-corrected chi connectivity index (χ4v) is 3.09. The molecule has 4 heteroatoms. The Morgan fingerprint density at radius 2 is 2.24 bits per heavy atom. The average Bonchev–Trinajstić information content (AvgIpc) is 2.46. The number of halogens is 1. The van der Waals surface area contributed by atoms with E-state index in [0.717, 1.165) is 49.8 Å². The van der Waals surface area contributed by atoms with Crippen LogP contribution in [0.25, 0.3) is 0 Å². The lowest BCUT2D eigenvalue weighted by atomic mass is 10.1. The van der Waals surface area contributed by atoms with Gasteiger partial charge >= 0.3 is 0 Å². The van der Waals surface area contributed by atoms with Crippen molar-refractivity contribution in [2.45, 2.75) is 52.3 Å². The average molecular weight is 311 g/mol. The van der Waals surface area contributed by atoms with Crippen LogP contribution in [0.3, 0.4) is 0 Å². The van der Waals surface area contributed by atoms with Crippen LogP contribution >= 0.6 is 11.6 Å². The summed E-state index contributed by atoms with van der Waals surface area (Å²) >= 11 is 6.49. The lowest BCUT2D eigenvalue weighted by molar-refractivity contribution is 0.0527. The van der Waals surface area contributed by atoms with E-state index in [1.165, 1.54) is 5.56 Å². The van der Waals surface area contributed by atoms with Crippen LogP contribution in [0, 0.1) is 0 Å². The van der Waals surface area contributed by atoms with E-state index in [1.54, 1.807) is 0 Å². The number of nitrogens with one attached hydrogen (secondary N) is 1. The van der Waals surface area contributed by atoms with Gasteiger partial charge in [-0.25, -0.2) is 0 Å². The molecule has 3 nitrogen and oxygen atoms in total. The van der Waals surface area contributed by atoms with Crippen LogP contribution in [0.15, 0.2) is 18.2 Å². The minimum Gasteiger partial charge on any atom is -0.377 e. The predicted octanol–water partition coefficient (Wildman–Crippen LogP) is 3.84. The molecule has 21 heavy (non-hydrogen) atoms. The number of ether oxygens (including phenoxy) is 1. The van der Waals surface area contributed by atoms with Gasteiger partial charge in [-0.2, -0.15) is 0 Å². The molecular formula is C17H27ClN2O. The molecule has 0 aromatic heterocycles. The molecule has 1 aliphatic heterocycles. The van der Waals surface area contributed by atoms with Crippen molar-refractivity contribution in [1.29, 1.82) is 0 Å². The highest BCUT2D eigenvalue weighted by molar-refractivity contribution is 6.33. The standard InChI is InChI=1S/C17H27ClN2O/c1-4-21-15-6-5-9-20(12-15)17-8-7-14(10-16(17)18)11-19-13(2)3/h7-8,10,13,15,19H,4-6,9,11-12H2,1-3H3. The molecule has 0 radical (unpaired) electrons. The number of rotatable bonds is 6. The number of hydrogen-bond donors (Lipinski definition) is 1. The van der Waals surface area contributed by atoms with Crippen LogP contribution in [-0.4, -0.2) is 31.8 Å². The summed E-state index contributed by atoms with van der Waals surface area (Å²) in [4.78, 5) is 2.35. The lowest BCUT2D eigenvalue weighted by Crippen LogP contribution is -2.39. The SMILES string of the molecule is CCOC1CCCN(c2ccc(CNC(C)C)cc2Cl)C1. The van der Waals surface area contributed by atoms with Gasteiger partial charge in [-0.05, 0) is 37.5 Å². The highest BCUT2D eigenvalue weighted by atomic mass is 35.5. The topological polar surface area (TPSA) is 24.5 Å². The molecule has 1 fully saturated rings. The molecule has 1 atom stereocenters. The number of nitrogens with zero attached hydrogens (tertiary/aromatic N) is 1. The minimum absolute atomic E-state index is 0.335. The minimum atomic E-state index is 0.335. The summed E-state index contributed by atoms with van der Waals surface area (Å²) in [6.07, 6.45) is 2.65. The van der Waals surface area contributed by atoms with Crippen LogP contribution in [0.4, 0.5) is 5.69 Å². The van der Waals surface area contributed by atoms with E-state index in [1.807, 2.05) is 0 Å². The van der Waals surface area contributed by atoms with Crippen molar-refractivity contribution in [3.63, 3.8) is 0 Å². The highest BCUT2D eigenvalue weighted by Gasteiger charge is 2.21. The van der Waals surface area contributed by atoms with Gasteiger partial charge in [-0.3, -0.25) is 0 Å². The normalized spacial score (nSPS) is 19.3. The molecule has 118 valence electrons. The summed E-state index contributed by atoms with van der Waals surface area (Å²) in [5.74, 6) is 0. The first-order valence-electron chi connectivity index (χ1n) is 7.98. The fraction of sp³-hybridized carbons (Fsp3) is 0.647. The van der Waals surface area contributed by atoms with Gasteiger partial charge in [0.25, 0.3) is 0 Å². The van der Waals surface area contributed by atoms with Crippen molar-refractivity contribution in [2.75, 3.05) is 24.6 Å². The first-order valence-corrected chi connectivity index (χ1v) is 8.36. The van der Waals surface area contributed by atoms with Crippen molar-refractivity contribution < 1.29 is 4.74 Å². The molecule has 1 unspecified atom stereocenters. The van der Waals surface area contributed by atoms with E-state index in [-0.39, 0.29) is 0 Å². The maximum absolute atomic E-state index is 6.49. The van der Waals surface area contributed by atoms with Crippen LogP contribution in [0.5, 0.6) is 0 Å². The molecule has 0 saturated carbocycles. The van der Waals surface area contributed by atoms with Gasteiger partial charge in [0.2, 0.25) is 0 Å². The fourth-order valence-electron chi connectivity index (χ4n) is 2.77. The number of piperidine rings is 1. The predicted molar refractivity (Wildman–Crippen MR) is 90.3 cm³/mol. The maximum Gasteiger partial charge on any atom is 0.0750 e.